The molecule has 0 spiro atoms. The van der Waals surface area contributed by atoms with Crippen molar-refractivity contribution in [1.29, 1.82) is 0 Å². The van der Waals surface area contributed by atoms with Crippen LogP contribution in [0.5, 0.6) is 0 Å². The zero-order chi connectivity index (χ0) is 11.8. The van der Waals surface area contributed by atoms with Gasteiger partial charge in [-0.15, -0.1) is 0 Å². The van der Waals surface area contributed by atoms with Gasteiger partial charge in [0.1, 0.15) is 0 Å². The van der Waals surface area contributed by atoms with Gasteiger partial charge in [0.25, 0.3) is 0 Å². The van der Waals surface area contributed by atoms with Crippen molar-refractivity contribution in [3.05, 3.63) is 35.5 Å². The minimum Gasteiger partial charge on any atom is -0.374 e. The third-order valence-electron chi connectivity index (χ3n) is 4.00. The van der Waals surface area contributed by atoms with E-state index in [9.17, 15) is 0 Å². The molecule has 0 unspecified atom stereocenters. The van der Waals surface area contributed by atoms with Gasteiger partial charge in [-0.05, 0) is 25.3 Å². The Balaban J connectivity index is 2.04. The summed E-state index contributed by atoms with van der Waals surface area (Å²) < 4.78 is 0. The highest BCUT2D eigenvalue weighted by Crippen LogP contribution is 2.38. The van der Waals surface area contributed by atoms with Crippen LogP contribution >= 0.6 is 0 Å². The van der Waals surface area contributed by atoms with Crippen LogP contribution in [0.1, 0.15) is 31.7 Å². The average molecular weight is 226 g/mol. The summed E-state index contributed by atoms with van der Waals surface area (Å²) in [6, 6.07) is 9.12. The summed E-state index contributed by atoms with van der Waals surface area (Å²) in [5.41, 5.74) is 5.21. The highest BCUT2D eigenvalue weighted by molar-refractivity contribution is 6.17. The Morgan fingerprint density at radius 3 is 2.94 bits per heavy atom. The van der Waals surface area contributed by atoms with E-state index in [4.69, 9.17) is 0 Å². The van der Waals surface area contributed by atoms with Gasteiger partial charge < -0.3 is 4.90 Å². The second-order valence-corrected chi connectivity index (χ2v) is 4.85. The Labute approximate surface area is 103 Å². The van der Waals surface area contributed by atoms with Gasteiger partial charge in [0.05, 0.1) is 5.69 Å². The highest BCUT2D eigenvalue weighted by atomic mass is 15.2. The zero-order valence-electron chi connectivity index (χ0n) is 10.5. The first kappa shape index (κ1) is 10.6. The molecule has 1 aromatic carbocycles. The highest BCUT2D eigenvalue weighted by Gasteiger charge is 2.27. The molecule has 2 heteroatoms. The van der Waals surface area contributed by atoms with Crippen molar-refractivity contribution in [2.75, 3.05) is 7.05 Å². The standard InChI is InChI=1S/C15H18N2/c1-3-11-8-9-15(17(11)2)13-10-16-14-7-5-4-6-12(13)14/h4-7,10-11H,3,8-9H2,1-2H3/b15-13+/t11-/m1/s1. The molecule has 3 rings (SSSR count). The zero-order valence-corrected chi connectivity index (χ0v) is 10.5. The fourth-order valence-corrected chi connectivity index (χ4v) is 2.94. The number of hydrogen-bond acceptors (Lipinski definition) is 2. The summed E-state index contributed by atoms with van der Waals surface area (Å²) in [5, 5.41) is 0. The number of hydrogen-bond donors (Lipinski definition) is 0. The SMILES string of the molecule is CC[C@@H]1CC/C(=C2/C=Nc3ccccc32)N1C. The smallest absolute Gasteiger partial charge is 0.0709 e. The molecule has 88 valence electrons. The lowest BCUT2D eigenvalue weighted by molar-refractivity contribution is 0.345. The van der Waals surface area contributed by atoms with Crippen LogP contribution in [0.2, 0.25) is 0 Å². The van der Waals surface area contributed by atoms with Crippen LogP contribution < -0.4 is 0 Å². The van der Waals surface area contributed by atoms with E-state index in [1.165, 1.54) is 36.1 Å². The molecule has 0 N–H and O–H groups in total. The van der Waals surface area contributed by atoms with Gasteiger partial charge in [-0.25, -0.2) is 0 Å². The van der Waals surface area contributed by atoms with E-state index in [2.05, 4.69) is 48.1 Å². The van der Waals surface area contributed by atoms with E-state index < -0.39 is 0 Å². The quantitative estimate of drug-likeness (QED) is 0.714. The number of allylic oxidation sites excluding steroid dienone is 2. The normalized spacial score (nSPS) is 26.7. The summed E-state index contributed by atoms with van der Waals surface area (Å²) in [6.07, 6.45) is 5.73. The number of para-hydroxylation sites is 1. The summed E-state index contributed by atoms with van der Waals surface area (Å²) in [7, 11) is 2.22. The third kappa shape index (κ3) is 1.59. The topological polar surface area (TPSA) is 15.6 Å². The summed E-state index contributed by atoms with van der Waals surface area (Å²) in [5.74, 6) is 0. The number of aliphatic imine (C=N–C) groups is 1. The molecule has 0 bridgehead atoms. The number of nitrogens with zero attached hydrogens (tertiary/aromatic N) is 2. The fraction of sp³-hybridized carbons (Fsp3) is 0.400. The summed E-state index contributed by atoms with van der Waals surface area (Å²) in [6.45, 7) is 2.27. The van der Waals surface area contributed by atoms with Crippen molar-refractivity contribution in [3.63, 3.8) is 0 Å². The lowest BCUT2D eigenvalue weighted by Gasteiger charge is -2.22. The second kappa shape index (κ2) is 4.02. The molecule has 1 atom stereocenters. The molecule has 1 saturated heterocycles. The number of fused-ring (bicyclic) bond motifs is 1. The molecule has 17 heavy (non-hydrogen) atoms. The number of rotatable bonds is 1. The van der Waals surface area contributed by atoms with Gasteiger partial charge in [0, 0.05) is 36.1 Å². The monoisotopic (exact) mass is 226 g/mol. The van der Waals surface area contributed by atoms with Crippen molar-refractivity contribution in [2.24, 2.45) is 4.99 Å². The van der Waals surface area contributed by atoms with E-state index in [-0.39, 0.29) is 0 Å². The molecule has 0 aromatic heterocycles. The molecule has 2 heterocycles. The largest absolute Gasteiger partial charge is 0.374 e. The van der Waals surface area contributed by atoms with Crippen molar-refractivity contribution in [2.45, 2.75) is 32.2 Å². The van der Waals surface area contributed by atoms with Crippen LogP contribution in [0.25, 0.3) is 5.57 Å². The molecule has 2 nitrogen and oxygen atoms in total. The van der Waals surface area contributed by atoms with Crippen molar-refractivity contribution < 1.29 is 0 Å². The molecule has 1 fully saturated rings. The van der Waals surface area contributed by atoms with Crippen LogP contribution in [0, 0.1) is 0 Å². The fourth-order valence-electron chi connectivity index (χ4n) is 2.94. The van der Waals surface area contributed by atoms with Crippen molar-refractivity contribution >= 4 is 17.5 Å². The molecule has 2 aliphatic heterocycles. The lowest BCUT2D eigenvalue weighted by atomic mass is 10.0. The van der Waals surface area contributed by atoms with Crippen molar-refractivity contribution in [1.82, 2.24) is 4.90 Å². The van der Waals surface area contributed by atoms with Gasteiger partial charge in [-0.3, -0.25) is 4.99 Å². The number of benzene rings is 1. The van der Waals surface area contributed by atoms with E-state index in [0.29, 0.717) is 6.04 Å². The predicted molar refractivity (Wildman–Crippen MR) is 72.6 cm³/mol. The minimum absolute atomic E-state index is 0.707. The maximum atomic E-state index is 4.50. The predicted octanol–water partition coefficient (Wildman–Crippen LogP) is 3.62. The van der Waals surface area contributed by atoms with Gasteiger partial charge >= 0.3 is 0 Å². The van der Waals surface area contributed by atoms with Crippen LogP contribution in [0.4, 0.5) is 5.69 Å². The van der Waals surface area contributed by atoms with Gasteiger partial charge in [-0.1, -0.05) is 25.1 Å². The molecule has 0 radical (unpaired) electrons. The average Bonchev–Trinajstić information content (AvgIpc) is 2.92. The van der Waals surface area contributed by atoms with Gasteiger partial charge in [0.2, 0.25) is 0 Å². The molecular weight excluding hydrogens is 208 g/mol. The van der Waals surface area contributed by atoms with E-state index in [1.807, 2.05) is 6.21 Å². The van der Waals surface area contributed by atoms with Gasteiger partial charge in [0.15, 0.2) is 0 Å². The first-order chi connectivity index (χ1) is 8.31. The molecule has 2 aliphatic rings. The Hall–Kier alpha value is -1.57. The van der Waals surface area contributed by atoms with Crippen LogP contribution in [-0.4, -0.2) is 24.2 Å². The summed E-state index contributed by atoms with van der Waals surface area (Å²) >= 11 is 0. The minimum atomic E-state index is 0.707. The Kier molecular flexibility index (Phi) is 2.50. The van der Waals surface area contributed by atoms with E-state index in [1.54, 1.807) is 0 Å². The molecular formula is C15H18N2. The molecule has 0 aliphatic carbocycles. The Bertz CT molecular complexity index is 499. The number of likely N-dealkylation sites (tertiary alicyclic amines) is 1. The third-order valence-corrected chi connectivity index (χ3v) is 4.00. The molecule has 0 saturated carbocycles. The van der Waals surface area contributed by atoms with Gasteiger partial charge in [-0.2, -0.15) is 0 Å². The van der Waals surface area contributed by atoms with Crippen molar-refractivity contribution in [3.8, 4) is 0 Å². The second-order valence-electron chi connectivity index (χ2n) is 4.85. The Morgan fingerprint density at radius 1 is 1.35 bits per heavy atom. The molecule has 0 amide bonds. The van der Waals surface area contributed by atoms with E-state index in [0.717, 1.165) is 5.69 Å². The Morgan fingerprint density at radius 2 is 2.18 bits per heavy atom. The van der Waals surface area contributed by atoms with Crippen LogP contribution in [-0.2, 0) is 0 Å². The molecule has 1 aromatic rings. The lowest BCUT2D eigenvalue weighted by Crippen LogP contribution is -2.23. The van der Waals surface area contributed by atoms with Crippen LogP contribution in [0.15, 0.2) is 35.0 Å². The first-order valence-corrected chi connectivity index (χ1v) is 6.40. The maximum Gasteiger partial charge on any atom is 0.0709 e. The van der Waals surface area contributed by atoms with Crippen LogP contribution in [0.3, 0.4) is 0 Å². The first-order valence-electron chi connectivity index (χ1n) is 6.40. The summed E-state index contributed by atoms with van der Waals surface area (Å²) in [4.78, 5) is 6.95. The maximum absolute atomic E-state index is 4.50. The van der Waals surface area contributed by atoms with E-state index >= 15 is 0 Å².